The summed E-state index contributed by atoms with van der Waals surface area (Å²) in [6.07, 6.45) is 2.90. The van der Waals surface area contributed by atoms with E-state index in [1.807, 2.05) is 24.3 Å². The van der Waals surface area contributed by atoms with Gasteiger partial charge in [-0.05, 0) is 18.2 Å². The first kappa shape index (κ1) is 14.8. The lowest BCUT2D eigenvalue weighted by Crippen LogP contribution is -2.24. The highest BCUT2D eigenvalue weighted by molar-refractivity contribution is 5.76. The Bertz CT molecular complexity index is 619. The molecule has 0 unspecified atom stereocenters. The lowest BCUT2D eigenvalue weighted by Gasteiger charge is -2.10. The minimum atomic E-state index is -0.0635. The van der Waals surface area contributed by atoms with E-state index in [1.165, 1.54) is 0 Å². The number of carbonyl (C=O) groups excluding carboxylic acids is 2. The van der Waals surface area contributed by atoms with Crippen molar-refractivity contribution < 1.29 is 14.3 Å². The van der Waals surface area contributed by atoms with Gasteiger partial charge < -0.3 is 14.6 Å². The number of carbonyl (C=O) groups is 2. The molecule has 0 radical (unpaired) electrons. The zero-order valence-corrected chi connectivity index (χ0v) is 11.9. The van der Waals surface area contributed by atoms with Gasteiger partial charge in [0.2, 0.25) is 5.91 Å². The third kappa shape index (κ3) is 3.95. The minimum Gasteiger partial charge on any atom is -0.496 e. The summed E-state index contributed by atoms with van der Waals surface area (Å²) in [6.45, 7) is 0.911. The van der Waals surface area contributed by atoms with Crippen molar-refractivity contribution in [1.82, 2.24) is 9.88 Å². The average Bonchev–Trinajstić information content (AvgIpc) is 2.98. The molecule has 0 aliphatic heterocycles. The van der Waals surface area contributed by atoms with E-state index in [9.17, 15) is 9.59 Å². The number of nitrogens with zero attached hydrogens (tertiary/aromatic N) is 1. The first-order chi connectivity index (χ1) is 10.2. The van der Waals surface area contributed by atoms with Crippen molar-refractivity contribution in [1.29, 1.82) is 0 Å². The Balaban J connectivity index is 1.84. The lowest BCUT2D eigenvalue weighted by atomic mass is 10.2. The van der Waals surface area contributed by atoms with Crippen LogP contribution in [0, 0.1) is 0 Å². The summed E-state index contributed by atoms with van der Waals surface area (Å²) in [5.74, 6) is 0.693. The Morgan fingerprint density at radius 1 is 1.29 bits per heavy atom. The second kappa shape index (κ2) is 7.28. The summed E-state index contributed by atoms with van der Waals surface area (Å²) >= 11 is 0. The zero-order chi connectivity index (χ0) is 15.1. The SMILES string of the molecule is COc1ccccc1CNC(=O)CCn1cccc1C=O. The number of aryl methyl sites for hydroxylation is 1. The Morgan fingerprint density at radius 3 is 2.86 bits per heavy atom. The maximum Gasteiger partial charge on any atom is 0.222 e. The van der Waals surface area contributed by atoms with Gasteiger partial charge in [0.05, 0.1) is 12.8 Å². The lowest BCUT2D eigenvalue weighted by molar-refractivity contribution is -0.121. The van der Waals surface area contributed by atoms with Gasteiger partial charge >= 0.3 is 0 Å². The fraction of sp³-hybridized carbons (Fsp3) is 0.250. The van der Waals surface area contributed by atoms with E-state index >= 15 is 0 Å². The number of amides is 1. The quantitative estimate of drug-likeness (QED) is 0.792. The predicted molar refractivity (Wildman–Crippen MR) is 79.3 cm³/mol. The van der Waals surface area contributed by atoms with E-state index in [2.05, 4.69) is 5.32 Å². The molecule has 2 rings (SSSR count). The Morgan fingerprint density at radius 2 is 2.10 bits per heavy atom. The Kier molecular flexibility index (Phi) is 5.15. The molecule has 110 valence electrons. The smallest absolute Gasteiger partial charge is 0.222 e. The summed E-state index contributed by atoms with van der Waals surface area (Å²) in [6, 6.07) is 11.1. The van der Waals surface area contributed by atoms with E-state index < -0.39 is 0 Å². The summed E-state index contributed by atoms with van der Waals surface area (Å²) in [5, 5.41) is 2.85. The highest BCUT2D eigenvalue weighted by Gasteiger charge is 2.06. The molecule has 5 heteroatoms. The standard InChI is InChI=1S/C16H18N2O3/c1-21-15-7-3-2-5-13(15)11-17-16(20)8-10-18-9-4-6-14(18)12-19/h2-7,9,12H,8,10-11H2,1H3,(H,17,20). The molecule has 0 bridgehead atoms. The number of aldehydes is 1. The molecule has 0 saturated heterocycles. The second-order valence-electron chi connectivity index (χ2n) is 4.58. The third-order valence-electron chi connectivity index (χ3n) is 3.23. The topological polar surface area (TPSA) is 60.3 Å². The molecule has 0 aliphatic rings. The van der Waals surface area contributed by atoms with Crippen molar-refractivity contribution in [2.24, 2.45) is 0 Å². The number of methoxy groups -OCH3 is 1. The van der Waals surface area contributed by atoms with Crippen LogP contribution < -0.4 is 10.1 Å². The number of hydrogen-bond donors (Lipinski definition) is 1. The van der Waals surface area contributed by atoms with Crippen LogP contribution in [0.25, 0.3) is 0 Å². The predicted octanol–water partition coefficient (Wildman–Crippen LogP) is 2.02. The number of nitrogens with one attached hydrogen (secondary N) is 1. The maximum absolute atomic E-state index is 11.9. The largest absolute Gasteiger partial charge is 0.496 e. The van der Waals surface area contributed by atoms with Gasteiger partial charge in [0, 0.05) is 31.3 Å². The van der Waals surface area contributed by atoms with E-state index in [0.29, 0.717) is 25.2 Å². The van der Waals surface area contributed by atoms with Crippen LogP contribution in [0.5, 0.6) is 5.75 Å². The van der Waals surface area contributed by atoms with E-state index in [1.54, 1.807) is 30.0 Å². The van der Waals surface area contributed by atoms with Crippen LogP contribution in [0.2, 0.25) is 0 Å². The van der Waals surface area contributed by atoms with Gasteiger partial charge in [-0.2, -0.15) is 0 Å². The molecule has 0 atom stereocenters. The van der Waals surface area contributed by atoms with E-state index in [-0.39, 0.29) is 5.91 Å². The van der Waals surface area contributed by atoms with Gasteiger partial charge in [-0.3, -0.25) is 9.59 Å². The summed E-state index contributed by atoms with van der Waals surface area (Å²) in [4.78, 5) is 22.6. The monoisotopic (exact) mass is 286 g/mol. The zero-order valence-electron chi connectivity index (χ0n) is 11.9. The van der Waals surface area contributed by atoms with E-state index in [0.717, 1.165) is 17.6 Å². The average molecular weight is 286 g/mol. The van der Waals surface area contributed by atoms with Crippen molar-refractivity contribution >= 4 is 12.2 Å². The van der Waals surface area contributed by atoms with Crippen molar-refractivity contribution in [2.45, 2.75) is 19.5 Å². The highest BCUT2D eigenvalue weighted by Crippen LogP contribution is 2.16. The molecule has 1 amide bonds. The van der Waals surface area contributed by atoms with Crippen LogP contribution in [0.3, 0.4) is 0 Å². The molecule has 1 aromatic carbocycles. The first-order valence-electron chi connectivity index (χ1n) is 6.73. The molecule has 1 heterocycles. The number of aromatic nitrogens is 1. The Hall–Kier alpha value is -2.56. The molecule has 1 aromatic heterocycles. The van der Waals surface area contributed by atoms with Crippen LogP contribution in [0.1, 0.15) is 22.5 Å². The summed E-state index contributed by atoms with van der Waals surface area (Å²) in [7, 11) is 1.60. The van der Waals surface area contributed by atoms with Crippen molar-refractivity contribution in [3.63, 3.8) is 0 Å². The number of rotatable bonds is 7. The van der Waals surface area contributed by atoms with Gasteiger partial charge in [0.1, 0.15) is 5.75 Å². The molecule has 2 aromatic rings. The number of ether oxygens (including phenoxy) is 1. The minimum absolute atomic E-state index is 0.0635. The van der Waals surface area contributed by atoms with Crippen LogP contribution in [-0.2, 0) is 17.9 Å². The van der Waals surface area contributed by atoms with Crippen LogP contribution in [0.4, 0.5) is 0 Å². The van der Waals surface area contributed by atoms with Crippen molar-refractivity contribution in [3.8, 4) is 5.75 Å². The highest BCUT2D eigenvalue weighted by atomic mass is 16.5. The molecule has 21 heavy (non-hydrogen) atoms. The van der Waals surface area contributed by atoms with Crippen LogP contribution in [0.15, 0.2) is 42.6 Å². The van der Waals surface area contributed by atoms with Gasteiger partial charge in [0.15, 0.2) is 6.29 Å². The van der Waals surface area contributed by atoms with E-state index in [4.69, 9.17) is 4.74 Å². The van der Waals surface area contributed by atoms with Crippen LogP contribution >= 0.6 is 0 Å². The summed E-state index contributed by atoms with van der Waals surface area (Å²) in [5.41, 5.74) is 1.51. The number of para-hydroxylation sites is 1. The fourth-order valence-electron chi connectivity index (χ4n) is 2.09. The molecular formula is C16H18N2O3. The van der Waals surface area contributed by atoms with Crippen molar-refractivity contribution in [3.05, 3.63) is 53.9 Å². The molecule has 1 N–H and O–H groups in total. The van der Waals surface area contributed by atoms with Gasteiger partial charge in [-0.25, -0.2) is 0 Å². The molecule has 0 aliphatic carbocycles. The normalized spacial score (nSPS) is 10.1. The third-order valence-corrected chi connectivity index (χ3v) is 3.23. The fourth-order valence-corrected chi connectivity index (χ4v) is 2.09. The van der Waals surface area contributed by atoms with Gasteiger partial charge in [0.25, 0.3) is 0 Å². The number of hydrogen-bond acceptors (Lipinski definition) is 3. The molecular weight excluding hydrogens is 268 g/mol. The first-order valence-corrected chi connectivity index (χ1v) is 6.73. The second-order valence-corrected chi connectivity index (χ2v) is 4.58. The van der Waals surface area contributed by atoms with Crippen LogP contribution in [-0.4, -0.2) is 23.9 Å². The molecule has 0 spiro atoms. The van der Waals surface area contributed by atoms with Crippen molar-refractivity contribution in [2.75, 3.05) is 7.11 Å². The van der Waals surface area contributed by atoms with Gasteiger partial charge in [-0.15, -0.1) is 0 Å². The summed E-state index contributed by atoms with van der Waals surface area (Å²) < 4.78 is 6.99. The Labute approximate surface area is 123 Å². The maximum atomic E-state index is 11.9. The molecule has 5 nitrogen and oxygen atoms in total. The molecule has 0 saturated carbocycles. The number of benzene rings is 1. The van der Waals surface area contributed by atoms with Gasteiger partial charge in [-0.1, -0.05) is 18.2 Å². The molecule has 0 fully saturated rings.